The van der Waals surface area contributed by atoms with Gasteiger partial charge in [0.05, 0.1) is 12.5 Å². The van der Waals surface area contributed by atoms with Crippen LogP contribution in [0.3, 0.4) is 0 Å². The molecule has 0 spiro atoms. The van der Waals surface area contributed by atoms with Crippen LogP contribution in [0.4, 0.5) is 4.39 Å². The molecule has 0 aliphatic carbocycles. The molecule has 5 nitrogen and oxygen atoms in total. The summed E-state index contributed by atoms with van der Waals surface area (Å²) in [6.07, 6.45) is -0.0931. The Labute approximate surface area is 149 Å². The zero-order valence-electron chi connectivity index (χ0n) is 14.2. The molecule has 0 saturated carbocycles. The van der Waals surface area contributed by atoms with Gasteiger partial charge in [0.2, 0.25) is 0 Å². The van der Waals surface area contributed by atoms with Crippen LogP contribution < -0.4 is 5.32 Å². The molecule has 1 amide bonds. The smallest absolute Gasteiger partial charge is 0.310 e. The lowest BCUT2D eigenvalue weighted by molar-refractivity contribution is -0.148. The fraction of sp³-hybridized carbons (Fsp3) is 0.200. The van der Waals surface area contributed by atoms with Crippen LogP contribution in [0.5, 0.6) is 0 Å². The lowest BCUT2D eigenvalue weighted by Crippen LogP contribution is -2.31. The number of para-hydroxylation sites is 1. The van der Waals surface area contributed by atoms with Crippen molar-refractivity contribution < 1.29 is 23.1 Å². The fourth-order valence-electron chi connectivity index (χ4n) is 2.58. The second-order valence-corrected chi connectivity index (χ2v) is 5.94. The first kappa shape index (κ1) is 17.7. The molecule has 0 aliphatic heterocycles. The fourth-order valence-corrected chi connectivity index (χ4v) is 2.58. The monoisotopic (exact) mass is 355 g/mol. The molecule has 3 aromatic rings. The van der Waals surface area contributed by atoms with Gasteiger partial charge < -0.3 is 14.5 Å². The average molecular weight is 355 g/mol. The average Bonchev–Trinajstić information content (AvgIpc) is 3.04. The Hall–Kier alpha value is -3.15. The number of hydrogen-bond donors (Lipinski definition) is 1. The second kappa shape index (κ2) is 7.82. The number of hydrogen-bond acceptors (Lipinski definition) is 4. The number of nitrogens with one attached hydrogen (secondary N) is 1. The SMILES string of the molecule is C[C@@H](NC(=O)COC(=O)Cc1cccc(F)c1)c1cc2ccccc2o1. The molecule has 1 aromatic heterocycles. The highest BCUT2D eigenvalue weighted by molar-refractivity contribution is 5.82. The number of esters is 1. The third-order valence-corrected chi connectivity index (χ3v) is 3.85. The maximum absolute atomic E-state index is 13.1. The highest BCUT2D eigenvalue weighted by Gasteiger charge is 2.15. The molecule has 0 aliphatic rings. The van der Waals surface area contributed by atoms with Crippen molar-refractivity contribution in [2.24, 2.45) is 0 Å². The van der Waals surface area contributed by atoms with Crippen LogP contribution in [0.2, 0.25) is 0 Å². The van der Waals surface area contributed by atoms with E-state index in [1.165, 1.54) is 18.2 Å². The van der Waals surface area contributed by atoms with Crippen molar-refractivity contribution in [3.8, 4) is 0 Å². The van der Waals surface area contributed by atoms with E-state index in [0.29, 0.717) is 11.3 Å². The number of fused-ring (bicyclic) bond motifs is 1. The minimum Gasteiger partial charge on any atom is -0.459 e. The van der Waals surface area contributed by atoms with Gasteiger partial charge in [0.25, 0.3) is 5.91 Å². The van der Waals surface area contributed by atoms with E-state index in [9.17, 15) is 14.0 Å². The summed E-state index contributed by atoms with van der Waals surface area (Å²) in [5.41, 5.74) is 1.23. The number of benzene rings is 2. The number of halogens is 1. The van der Waals surface area contributed by atoms with Gasteiger partial charge in [-0.15, -0.1) is 0 Å². The van der Waals surface area contributed by atoms with E-state index in [1.54, 1.807) is 13.0 Å². The zero-order chi connectivity index (χ0) is 18.5. The van der Waals surface area contributed by atoms with Crippen molar-refractivity contribution in [3.05, 3.63) is 71.7 Å². The van der Waals surface area contributed by atoms with Crippen molar-refractivity contribution in [1.82, 2.24) is 5.32 Å². The van der Waals surface area contributed by atoms with Crippen LogP contribution in [-0.4, -0.2) is 18.5 Å². The predicted molar refractivity (Wildman–Crippen MR) is 93.8 cm³/mol. The number of ether oxygens (including phenoxy) is 1. The predicted octanol–water partition coefficient (Wildman–Crippen LogP) is 3.54. The lowest BCUT2D eigenvalue weighted by atomic mass is 10.1. The first-order valence-corrected chi connectivity index (χ1v) is 8.19. The maximum Gasteiger partial charge on any atom is 0.310 e. The van der Waals surface area contributed by atoms with Crippen molar-refractivity contribution in [1.29, 1.82) is 0 Å². The van der Waals surface area contributed by atoms with Crippen LogP contribution in [0.1, 0.15) is 24.3 Å². The molecule has 26 heavy (non-hydrogen) atoms. The van der Waals surface area contributed by atoms with Gasteiger partial charge in [0.1, 0.15) is 17.2 Å². The van der Waals surface area contributed by atoms with Crippen LogP contribution in [-0.2, 0) is 20.7 Å². The van der Waals surface area contributed by atoms with Gasteiger partial charge in [0, 0.05) is 5.39 Å². The molecular weight excluding hydrogens is 337 g/mol. The Morgan fingerprint density at radius 1 is 1.15 bits per heavy atom. The standard InChI is InChI=1S/C20H18FNO4/c1-13(18-11-15-6-2-3-8-17(15)26-18)22-19(23)12-25-20(24)10-14-5-4-7-16(21)9-14/h2-9,11,13H,10,12H2,1H3,(H,22,23)/t13-/m1/s1. The molecular formula is C20H18FNO4. The molecule has 134 valence electrons. The van der Waals surface area contributed by atoms with Crippen LogP contribution in [0.15, 0.2) is 59.0 Å². The van der Waals surface area contributed by atoms with Gasteiger partial charge in [-0.3, -0.25) is 9.59 Å². The van der Waals surface area contributed by atoms with E-state index < -0.39 is 24.3 Å². The van der Waals surface area contributed by atoms with E-state index in [0.717, 1.165) is 11.0 Å². The molecule has 1 N–H and O–H groups in total. The first-order chi connectivity index (χ1) is 12.5. The third-order valence-electron chi connectivity index (χ3n) is 3.85. The summed E-state index contributed by atoms with van der Waals surface area (Å²) in [4.78, 5) is 23.7. The van der Waals surface area contributed by atoms with Gasteiger partial charge in [-0.1, -0.05) is 30.3 Å². The molecule has 0 saturated heterocycles. The van der Waals surface area contributed by atoms with Crippen LogP contribution >= 0.6 is 0 Å². The summed E-state index contributed by atoms with van der Waals surface area (Å²) >= 11 is 0. The van der Waals surface area contributed by atoms with E-state index in [1.807, 2.05) is 30.3 Å². The van der Waals surface area contributed by atoms with E-state index in [4.69, 9.17) is 9.15 Å². The molecule has 2 aromatic carbocycles. The first-order valence-electron chi connectivity index (χ1n) is 8.19. The highest BCUT2D eigenvalue weighted by atomic mass is 19.1. The van der Waals surface area contributed by atoms with Gasteiger partial charge in [-0.2, -0.15) is 0 Å². The molecule has 0 radical (unpaired) electrons. The van der Waals surface area contributed by atoms with Crippen LogP contribution in [0, 0.1) is 5.82 Å². The summed E-state index contributed by atoms with van der Waals surface area (Å²) < 4.78 is 23.7. The number of carbonyl (C=O) groups is 2. The normalized spacial score (nSPS) is 11.9. The number of amides is 1. The summed E-state index contributed by atoms with van der Waals surface area (Å²) in [6.45, 7) is 1.38. The quantitative estimate of drug-likeness (QED) is 0.687. The van der Waals surface area contributed by atoms with Crippen molar-refractivity contribution in [2.45, 2.75) is 19.4 Å². The molecule has 1 atom stereocenters. The minimum absolute atomic E-state index is 0.0931. The summed E-state index contributed by atoms with van der Waals surface area (Å²) in [5.74, 6) is -0.842. The Kier molecular flexibility index (Phi) is 5.31. The molecule has 1 heterocycles. The van der Waals surface area contributed by atoms with E-state index in [2.05, 4.69) is 5.32 Å². The van der Waals surface area contributed by atoms with Gasteiger partial charge in [-0.25, -0.2) is 4.39 Å². The van der Waals surface area contributed by atoms with Crippen molar-refractivity contribution in [3.63, 3.8) is 0 Å². The molecule has 0 unspecified atom stereocenters. The van der Waals surface area contributed by atoms with E-state index in [-0.39, 0.29) is 12.5 Å². The highest BCUT2D eigenvalue weighted by Crippen LogP contribution is 2.23. The molecule has 3 rings (SSSR count). The van der Waals surface area contributed by atoms with Gasteiger partial charge in [-0.05, 0) is 36.8 Å². The number of carbonyl (C=O) groups excluding carboxylic acids is 2. The summed E-state index contributed by atoms with van der Waals surface area (Å²) in [7, 11) is 0. The Balaban J connectivity index is 1.49. The molecule has 0 bridgehead atoms. The maximum atomic E-state index is 13.1. The largest absolute Gasteiger partial charge is 0.459 e. The van der Waals surface area contributed by atoms with Gasteiger partial charge >= 0.3 is 5.97 Å². The minimum atomic E-state index is -0.595. The number of furan rings is 1. The van der Waals surface area contributed by atoms with Crippen molar-refractivity contribution >= 4 is 22.8 Å². The Morgan fingerprint density at radius 3 is 2.73 bits per heavy atom. The Morgan fingerprint density at radius 2 is 1.96 bits per heavy atom. The summed E-state index contributed by atoms with van der Waals surface area (Å²) in [6, 6.07) is 14.7. The number of rotatable bonds is 6. The van der Waals surface area contributed by atoms with Crippen LogP contribution in [0.25, 0.3) is 11.0 Å². The summed E-state index contributed by atoms with van der Waals surface area (Å²) in [5, 5.41) is 3.66. The second-order valence-electron chi connectivity index (χ2n) is 5.94. The zero-order valence-corrected chi connectivity index (χ0v) is 14.2. The molecule has 0 fully saturated rings. The topological polar surface area (TPSA) is 68.5 Å². The van der Waals surface area contributed by atoms with Gasteiger partial charge in [0.15, 0.2) is 6.61 Å². The third kappa shape index (κ3) is 4.47. The molecule has 6 heteroatoms. The Bertz CT molecular complexity index is 901. The van der Waals surface area contributed by atoms with Crippen molar-refractivity contribution in [2.75, 3.05) is 6.61 Å². The van der Waals surface area contributed by atoms with E-state index >= 15 is 0 Å². The lowest BCUT2D eigenvalue weighted by Gasteiger charge is -2.11.